The number of nitrogens with one attached hydrogen (secondary N) is 1. The van der Waals surface area contributed by atoms with Crippen LogP contribution in [0.5, 0.6) is 0 Å². The standard InChI is InChI=1S/C12H11BrF3N3O/c1-19-7(5-12(14,15)16)2-6-3-8(11(20)18-17)9(13)4-10(6)19/h2-4H,5,17H2,1H3,(H,18,20). The maximum absolute atomic E-state index is 12.5. The zero-order chi connectivity index (χ0) is 15.1. The molecule has 0 aliphatic heterocycles. The number of fused-ring (bicyclic) bond motifs is 1. The molecule has 2 aromatic rings. The number of aryl methyl sites for hydroxylation is 1. The molecule has 1 aromatic heterocycles. The number of hydrogen-bond acceptors (Lipinski definition) is 2. The van der Waals surface area contributed by atoms with E-state index in [9.17, 15) is 18.0 Å². The van der Waals surface area contributed by atoms with Crippen molar-refractivity contribution in [1.29, 1.82) is 0 Å². The van der Waals surface area contributed by atoms with E-state index in [-0.39, 0.29) is 11.3 Å². The van der Waals surface area contributed by atoms with Gasteiger partial charge in [0.15, 0.2) is 0 Å². The van der Waals surface area contributed by atoms with Crippen molar-refractivity contribution in [3.05, 3.63) is 33.9 Å². The molecule has 0 atom stereocenters. The van der Waals surface area contributed by atoms with E-state index in [1.807, 2.05) is 5.43 Å². The van der Waals surface area contributed by atoms with Crippen molar-refractivity contribution in [3.8, 4) is 0 Å². The predicted octanol–water partition coefficient (Wildman–Crippen LogP) is 2.65. The number of hydrogen-bond donors (Lipinski definition) is 2. The molecule has 0 spiro atoms. The average Bonchev–Trinajstić information content (AvgIpc) is 2.62. The maximum atomic E-state index is 12.5. The smallest absolute Gasteiger partial charge is 0.347 e. The van der Waals surface area contributed by atoms with Crippen LogP contribution in [-0.4, -0.2) is 16.7 Å². The van der Waals surface area contributed by atoms with Crippen LogP contribution in [0, 0.1) is 0 Å². The monoisotopic (exact) mass is 349 g/mol. The number of nitrogens with zero attached hydrogens (tertiary/aromatic N) is 1. The molecule has 0 fully saturated rings. The van der Waals surface area contributed by atoms with E-state index in [2.05, 4.69) is 15.9 Å². The van der Waals surface area contributed by atoms with E-state index in [0.29, 0.717) is 15.4 Å². The van der Waals surface area contributed by atoms with E-state index in [1.54, 1.807) is 13.1 Å². The zero-order valence-corrected chi connectivity index (χ0v) is 12.0. The number of hydrazine groups is 1. The van der Waals surface area contributed by atoms with Gasteiger partial charge in [0.2, 0.25) is 0 Å². The van der Waals surface area contributed by atoms with Gasteiger partial charge < -0.3 is 4.57 Å². The van der Waals surface area contributed by atoms with E-state index in [4.69, 9.17) is 5.84 Å². The third-order valence-electron chi connectivity index (χ3n) is 2.99. The van der Waals surface area contributed by atoms with Crippen LogP contribution >= 0.6 is 15.9 Å². The Morgan fingerprint density at radius 1 is 1.40 bits per heavy atom. The third kappa shape index (κ3) is 2.80. The molecule has 0 aliphatic rings. The molecule has 0 aliphatic carbocycles. The lowest BCUT2D eigenvalue weighted by molar-refractivity contribution is -0.128. The number of amides is 1. The molecule has 3 N–H and O–H groups in total. The van der Waals surface area contributed by atoms with E-state index in [1.165, 1.54) is 16.7 Å². The molecule has 4 nitrogen and oxygen atoms in total. The Kier molecular flexibility index (Phi) is 3.79. The van der Waals surface area contributed by atoms with Gasteiger partial charge in [-0.15, -0.1) is 0 Å². The van der Waals surface area contributed by atoms with Gasteiger partial charge in [-0.1, -0.05) is 0 Å². The van der Waals surface area contributed by atoms with Crippen LogP contribution in [0.4, 0.5) is 13.2 Å². The Balaban J connectivity index is 2.57. The van der Waals surface area contributed by atoms with Crippen molar-refractivity contribution in [3.63, 3.8) is 0 Å². The lowest BCUT2D eigenvalue weighted by atomic mass is 10.1. The summed E-state index contributed by atoms with van der Waals surface area (Å²) in [6.45, 7) is 0. The highest BCUT2D eigenvalue weighted by Gasteiger charge is 2.29. The predicted molar refractivity (Wildman–Crippen MR) is 72.0 cm³/mol. The second-order valence-electron chi connectivity index (χ2n) is 4.35. The van der Waals surface area contributed by atoms with Crippen LogP contribution < -0.4 is 11.3 Å². The van der Waals surface area contributed by atoms with Gasteiger partial charge in [-0.25, -0.2) is 5.84 Å². The fourth-order valence-electron chi connectivity index (χ4n) is 2.04. The van der Waals surface area contributed by atoms with Crippen molar-refractivity contribution < 1.29 is 18.0 Å². The van der Waals surface area contributed by atoms with Crippen LogP contribution in [0.2, 0.25) is 0 Å². The molecule has 1 aromatic carbocycles. The molecule has 0 bridgehead atoms. The molecule has 20 heavy (non-hydrogen) atoms. The first-order chi connectivity index (χ1) is 9.23. The van der Waals surface area contributed by atoms with E-state index < -0.39 is 18.5 Å². The second-order valence-corrected chi connectivity index (χ2v) is 5.21. The number of aromatic nitrogens is 1. The Hall–Kier alpha value is -1.54. The van der Waals surface area contributed by atoms with Crippen molar-refractivity contribution in [1.82, 2.24) is 9.99 Å². The molecule has 0 unspecified atom stereocenters. The summed E-state index contributed by atoms with van der Waals surface area (Å²) in [4.78, 5) is 11.5. The van der Waals surface area contributed by atoms with Crippen molar-refractivity contribution >= 4 is 32.7 Å². The molecule has 1 amide bonds. The van der Waals surface area contributed by atoms with E-state index >= 15 is 0 Å². The third-order valence-corrected chi connectivity index (χ3v) is 3.64. The minimum atomic E-state index is -4.28. The number of carbonyl (C=O) groups is 1. The molecule has 0 saturated carbocycles. The average molecular weight is 350 g/mol. The summed E-state index contributed by atoms with van der Waals surface area (Å²) in [6, 6.07) is 4.52. The van der Waals surface area contributed by atoms with Gasteiger partial charge in [-0.3, -0.25) is 10.2 Å². The van der Waals surface area contributed by atoms with Crippen molar-refractivity contribution in [2.45, 2.75) is 12.6 Å². The topological polar surface area (TPSA) is 60.0 Å². The minimum absolute atomic E-state index is 0.129. The number of carbonyl (C=O) groups excluding carboxylic acids is 1. The van der Waals surface area contributed by atoms with Crippen LogP contribution in [0.1, 0.15) is 16.1 Å². The molecule has 2 rings (SSSR count). The summed E-state index contributed by atoms with van der Waals surface area (Å²) in [5.41, 5.74) is 2.99. The molecular weight excluding hydrogens is 339 g/mol. The molecule has 108 valence electrons. The fraction of sp³-hybridized carbons (Fsp3) is 0.250. The van der Waals surface area contributed by atoms with Crippen LogP contribution in [-0.2, 0) is 13.5 Å². The van der Waals surface area contributed by atoms with Crippen molar-refractivity contribution in [2.24, 2.45) is 12.9 Å². The maximum Gasteiger partial charge on any atom is 0.394 e. The summed E-state index contributed by atoms with van der Waals surface area (Å²) in [5, 5.41) is 0.550. The first kappa shape index (κ1) is 14.9. The quantitative estimate of drug-likeness (QED) is 0.497. The van der Waals surface area contributed by atoms with E-state index in [0.717, 1.165) is 0 Å². The van der Waals surface area contributed by atoms with Gasteiger partial charge in [-0.05, 0) is 34.1 Å². The number of nitrogens with two attached hydrogens (primary N) is 1. The number of rotatable bonds is 2. The van der Waals surface area contributed by atoms with Crippen LogP contribution in [0.25, 0.3) is 10.9 Å². The lowest BCUT2D eigenvalue weighted by Gasteiger charge is -2.08. The zero-order valence-electron chi connectivity index (χ0n) is 10.4. The highest BCUT2D eigenvalue weighted by Crippen LogP contribution is 2.29. The number of halogens is 4. The molecule has 0 saturated heterocycles. The lowest BCUT2D eigenvalue weighted by Crippen LogP contribution is -2.30. The number of nitrogen functional groups attached to an aromatic ring is 1. The summed E-state index contributed by atoms with van der Waals surface area (Å²) >= 11 is 3.21. The minimum Gasteiger partial charge on any atom is -0.347 e. The van der Waals surface area contributed by atoms with Gasteiger partial charge in [0.05, 0.1) is 12.0 Å². The summed E-state index contributed by atoms with van der Waals surface area (Å²) in [5.74, 6) is 4.55. The SMILES string of the molecule is Cn1c(CC(F)(F)F)cc2cc(C(=O)NN)c(Br)cc21. The second kappa shape index (κ2) is 5.10. The summed E-state index contributed by atoms with van der Waals surface area (Å²) in [7, 11) is 1.55. The Labute approximate surface area is 120 Å². The van der Waals surface area contributed by atoms with Gasteiger partial charge in [0.1, 0.15) is 0 Å². The molecule has 1 heterocycles. The van der Waals surface area contributed by atoms with Crippen LogP contribution in [0.3, 0.4) is 0 Å². The highest BCUT2D eigenvalue weighted by molar-refractivity contribution is 9.10. The summed E-state index contributed by atoms with van der Waals surface area (Å²) < 4.78 is 39.4. The molecule has 0 radical (unpaired) electrons. The normalized spacial score (nSPS) is 11.9. The van der Waals surface area contributed by atoms with Gasteiger partial charge in [0, 0.05) is 28.1 Å². The Morgan fingerprint density at radius 2 is 2.05 bits per heavy atom. The van der Waals surface area contributed by atoms with Gasteiger partial charge in [0.25, 0.3) is 5.91 Å². The van der Waals surface area contributed by atoms with Crippen molar-refractivity contribution in [2.75, 3.05) is 0 Å². The van der Waals surface area contributed by atoms with Gasteiger partial charge in [-0.2, -0.15) is 13.2 Å². The summed E-state index contributed by atoms with van der Waals surface area (Å²) in [6.07, 6.45) is -5.30. The molecular formula is C12H11BrF3N3O. The molecule has 8 heteroatoms. The van der Waals surface area contributed by atoms with Gasteiger partial charge >= 0.3 is 6.18 Å². The first-order valence-corrected chi connectivity index (χ1v) is 6.38. The number of alkyl halides is 3. The number of benzene rings is 1. The first-order valence-electron chi connectivity index (χ1n) is 5.58. The van der Waals surface area contributed by atoms with Crippen LogP contribution in [0.15, 0.2) is 22.7 Å². The fourth-order valence-corrected chi connectivity index (χ4v) is 2.55. The largest absolute Gasteiger partial charge is 0.394 e. The Morgan fingerprint density at radius 3 is 2.60 bits per heavy atom. The highest BCUT2D eigenvalue weighted by atomic mass is 79.9. The Bertz CT molecular complexity index is 679.